The summed E-state index contributed by atoms with van der Waals surface area (Å²) >= 11 is 13.0. The van der Waals surface area contributed by atoms with Gasteiger partial charge in [0, 0.05) is 30.6 Å². The van der Waals surface area contributed by atoms with Crippen molar-refractivity contribution in [1.29, 1.82) is 0 Å². The molecular formula is C23H21Cl2F3N4O2S. The average Bonchev–Trinajstić information content (AvgIpc) is 3.25. The molecule has 0 spiro atoms. The Morgan fingerprint density at radius 2 is 1.74 bits per heavy atom. The smallest absolute Gasteiger partial charge is 0.338 e. The number of alkyl halides is 3. The molecule has 0 saturated carbocycles. The molecule has 186 valence electrons. The molecule has 12 heteroatoms. The van der Waals surface area contributed by atoms with Crippen LogP contribution in [0, 0.1) is 5.92 Å². The zero-order valence-electron chi connectivity index (χ0n) is 18.7. The second-order valence-corrected chi connectivity index (χ2v) is 9.85. The van der Waals surface area contributed by atoms with Crippen LogP contribution >= 0.6 is 34.5 Å². The van der Waals surface area contributed by atoms with Crippen molar-refractivity contribution in [2.75, 3.05) is 18.4 Å². The lowest BCUT2D eigenvalue weighted by atomic mass is 10.1. The van der Waals surface area contributed by atoms with Gasteiger partial charge in [-0.05, 0) is 36.2 Å². The van der Waals surface area contributed by atoms with Crippen molar-refractivity contribution in [3.05, 3.63) is 63.6 Å². The monoisotopic (exact) mass is 544 g/mol. The van der Waals surface area contributed by atoms with Gasteiger partial charge in [0.2, 0.25) is 11.0 Å². The number of halogens is 5. The van der Waals surface area contributed by atoms with Crippen molar-refractivity contribution in [3.8, 4) is 10.6 Å². The lowest BCUT2D eigenvalue weighted by Gasteiger charge is -2.24. The Labute approximate surface area is 214 Å². The summed E-state index contributed by atoms with van der Waals surface area (Å²) < 4.78 is 38.2. The van der Waals surface area contributed by atoms with Crippen molar-refractivity contribution < 1.29 is 22.8 Å². The third-order valence-corrected chi connectivity index (χ3v) is 6.41. The average molecular weight is 545 g/mol. The number of hydrogen-bond donors (Lipinski definition) is 1. The van der Waals surface area contributed by atoms with E-state index in [9.17, 15) is 22.8 Å². The van der Waals surface area contributed by atoms with E-state index in [0.717, 1.165) is 23.5 Å². The highest BCUT2D eigenvalue weighted by Gasteiger charge is 2.30. The Balaban J connectivity index is 1.62. The molecule has 6 nitrogen and oxygen atoms in total. The molecule has 0 aliphatic carbocycles. The Bertz CT molecular complexity index is 1200. The van der Waals surface area contributed by atoms with Crippen LogP contribution in [0.4, 0.5) is 18.3 Å². The molecule has 0 saturated heterocycles. The number of nitrogens with zero attached hydrogens (tertiary/aromatic N) is 3. The first kappa shape index (κ1) is 26.9. The number of benzene rings is 2. The minimum atomic E-state index is -4.43. The maximum Gasteiger partial charge on any atom is 0.416 e. The van der Waals surface area contributed by atoms with E-state index in [0.29, 0.717) is 27.7 Å². The molecule has 3 aromatic rings. The number of rotatable bonds is 8. The highest BCUT2D eigenvalue weighted by Crippen LogP contribution is 2.32. The molecule has 0 fully saturated rings. The summed E-state index contributed by atoms with van der Waals surface area (Å²) in [6.07, 6.45) is -4.42. The zero-order valence-corrected chi connectivity index (χ0v) is 21.0. The van der Waals surface area contributed by atoms with E-state index in [-0.39, 0.29) is 40.9 Å². The number of hydrogen-bond acceptors (Lipinski definition) is 5. The van der Waals surface area contributed by atoms with Gasteiger partial charge in [-0.25, -0.2) is 0 Å². The fraction of sp³-hybridized carbons (Fsp3) is 0.304. The van der Waals surface area contributed by atoms with Crippen LogP contribution in [-0.2, 0) is 11.0 Å². The fourth-order valence-electron chi connectivity index (χ4n) is 3.14. The summed E-state index contributed by atoms with van der Waals surface area (Å²) in [5, 5.41) is 11.6. The molecular weight excluding hydrogens is 524 g/mol. The molecule has 2 amide bonds. The SMILES string of the molecule is CC(C)CN(CCC(=O)Nc1nnc(-c2ccc(C(F)(F)F)cc2)s1)C(=O)c1ccc(Cl)c(Cl)c1. The van der Waals surface area contributed by atoms with E-state index in [4.69, 9.17) is 23.2 Å². The molecule has 0 bridgehead atoms. The Kier molecular flexibility index (Phi) is 8.74. The highest BCUT2D eigenvalue weighted by molar-refractivity contribution is 7.18. The predicted octanol–water partition coefficient (Wildman–Crippen LogP) is 6.66. The first-order valence-electron chi connectivity index (χ1n) is 10.5. The van der Waals surface area contributed by atoms with Crippen LogP contribution in [0.1, 0.15) is 36.2 Å². The minimum absolute atomic E-state index is 0.00890. The molecule has 0 aliphatic rings. The summed E-state index contributed by atoms with van der Waals surface area (Å²) in [6.45, 7) is 4.51. The molecule has 0 atom stereocenters. The van der Waals surface area contributed by atoms with Gasteiger partial charge in [-0.1, -0.05) is 60.5 Å². The molecule has 0 aliphatic heterocycles. The lowest BCUT2D eigenvalue weighted by Crippen LogP contribution is -2.36. The van der Waals surface area contributed by atoms with E-state index in [2.05, 4.69) is 15.5 Å². The summed E-state index contributed by atoms with van der Waals surface area (Å²) in [5.41, 5.74) is 0.0535. The summed E-state index contributed by atoms with van der Waals surface area (Å²) in [5.74, 6) is -0.486. The fourth-order valence-corrected chi connectivity index (χ4v) is 4.20. The highest BCUT2D eigenvalue weighted by atomic mass is 35.5. The van der Waals surface area contributed by atoms with E-state index in [1.165, 1.54) is 18.2 Å². The van der Waals surface area contributed by atoms with Crippen molar-refractivity contribution in [1.82, 2.24) is 15.1 Å². The second kappa shape index (κ2) is 11.4. The zero-order chi connectivity index (χ0) is 25.8. The maximum atomic E-state index is 13.0. The largest absolute Gasteiger partial charge is 0.416 e. The minimum Gasteiger partial charge on any atom is -0.338 e. The summed E-state index contributed by atoms with van der Waals surface area (Å²) in [4.78, 5) is 27.0. The topological polar surface area (TPSA) is 75.2 Å². The van der Waals surface area contributed by atoms with Crippen LogP contribution in [0.15, 0.2) is 42.5 Å². The summed E-state index contributed by atoms with van der Waals surface area (Å²) in [7, 11) is 0. The van der Waals surface area contributed by atoms with Crippen molar-refractivity contribution in [3.63, 3.8) is 0 Å². The van der Waals surface area contributed by atoms with Gasteiger partial charge in [0.05, 0.1) is 15.6 Å². The Morgan fingerprint density at radius 3 is 2.34 bits per heavy atom. The van der Waals surface area contributed by atoms with Gasteiger partial charge >= 0.3 is 6.18 Å². The van der Waals surface area contributed by atoms with Gasteiger partial charge in [0.25, 0.3) is 5.91 Å². The molecule has 2 aromatic carbocycles. The molecule has 3 rings (SSSR count). The third kappa shape index (κ3) is 7.39. The quantitative estimate of drug-likeness (QED) is 0.344. The molecule has 1 N–H and O–H groups in total. The van der Waals surface area contributed by atoms with Crippen LogP contribution in [-0.4, -0.2) is 40.0 Å². The molecule has 1 heterocycles. The van der Waals surface area contributed by atoms with Gasteiger partial charge in [0.1, 0.15) is 5.01 Å². The maximum absolute atomic E-state index is 13.0. The molecule has 0 radical (unpaired) electrons. The van der Waals surface area contributed by atoms with Gasteiger partial charge in [0.15, 0.2) is 0 Å². The van der Waals surface area contributed by atoms with E-state index in [1.54, 1.807) is 17.0 Å². The number of aromatic nitrogens is 2. The number of anilines is 1. The van der Waals surface area contributed by atoms with E-state index >= 15 is 0 Å². The molecule has 0 unspecified atom stereocenters. The first-order valence-corrected chi connectivity index (χ1v) is 12.1. The number of amides is 2. The van der Waals surface area contributed by atoms with Crippen molar-refractivity contribution in [2.24, 2.45) is 5.92 Å². The Hall–Kier alpha value is -2.69. The normalized spacial score (nSPS) is 11.5. The number of carbonyl (C=O) groups is 2. The van der Waals surface area contributed by atoms with Crippen LogP contribution in [0.2, 0.25) is 10.0 Å². The second-order valence-electron chi connectivity index (χ2n) is 8.06. The van der Waals surface area contributed by atoms with Crippen LogP contribution in [0.25, 0.3) is 10.6 Å². The van der Waals surface area contributed by atoms with Gasteiger partial charge in [-0.3, -0.25) is 9.59 Å². The lowest BCUT2D eigenvalue weighted by molar-refractivity contribution is -0.137. The van der Waals surface area contributed by atoms with Gasteiger partial charge in [-0.15, -0.1) is 10.2 Å². The van der Waals surface area contributed by atoms with Gasteiger partial charge in [-0.2, -0.15) is 13.2 Å². The van der Waals surface area contributed by atoms with E-state index < -0.39 is 11.7 Å². The van der Waals surface area contributed by atoms with Crippen LogP contribution in [0.3, 0.4) is 0 Å². The molecule has 1 aromatic heterocycles. The predicted molar refractivity (Wildman–Crippen MR) is 131 cm³/mol. The van der Waals surface area contributed by atoms with Crippen LogP contribution in [0.5, 0.6) is 0 Å². The van der Waals surface area contributed by atoms with Crippen molar-refractivity contribution >= 4 is 51.5 Å². The first-order chi connectivity index (χ1) is 16.4. The van der Waals surface area contributed by atoms with Crippen molar-refractivity contribution in [2.45, 2.75) is 26.4 Å². The standard InChI is InChI=1S/C23H21Cl2F3N4O2S/c1-13(2)12-32(21(34)15-5-8-17(24)18(25)11-15)10-9-19(33)29-22-31-30-20(35-22)14-3-6-16(7-4-14)23(26,27)28/h3-8,11,13H,9-10,12H2,1-2H3,(H,29,31,33). The van der Waals surface area contributed by atoms with Gasteiger partial charge < -0.3 is 10.2 Å². The van der Waals surface area contributed by atoms with E-state index in [1.807, 2.05) is 13.8 Å². The Morgan fingerprint density at radius 1 is 1.06 bits per heavy atom. The number of carbonyl (C=O) groups excluding carboxylic acids is 2. The third-order valence-electron chi connectivity index (χ3n) is 4.78. The molecule has 35 heavy (non-hydrogen) atoms. The summed E-state index contributed by atoms with van der Waals surface area (Å²) in [6, 6.07) is 9.13. The van der Waals surface area contributed by atoms with Crippen LogP contribution < -0.4 is 5.32 Å². The number of nitrogens with one attached hydrogen (secondary N) is 1.